The fraction of sp³-hybridized carbons (Fsp3) is 0.929. The van der Waals surface area contributed by atoms with Gasteiger partial charge in [0.25, 0.3) is 0 Å². The molecule has 2 heteroatoms. The third-order valence-corrected chi connectivity index (χ3v) is 2.84. The average molecular weight is 227 g/mol. The summed E-state index contributed by atoms with van der Waals surface area (Å²) in [6.45, 7) is 9.07. The predicted octanol–water partition coefficient (Wildman–Crippen LogP) is 3.85. The molecule has 0 saturated carbocycles. The van der Waals surface area contributed by atoms with E-state index in [1.54, 1.807) is 0 Å². The van der Waals surface area contributed by atoms with Crippen molar-refractivity contribution < 1.29 is 4.79 Å². The summed E-state index contributed by atoms with van der Waals surface area (Å²) in [6.07, 6.45) is 7.68. The summed E-state index contributed by atoms with van der Waals surface area (Å²) in [5.74, 6) is 0.251. The van der Waals surface area contributed by atoms with Crippen LogP contribution >= 0.6 is 0 Å². The molecule has 0 aliphatic carbocycles. The van der Waals surface area contributed by atoms with Gasteiger partial charge in [0, 0.05) is 19.0 Å². The van der Waals surface area contributed by atoms with Gasteiger partial charge in [-0.05, 0) is 6.42 Å². The molecule has 16 heavy (non-hydrogen) atoms. The quantitative estimate of drug-likeness (QED) is 0.605. The van der Waals surface area contributed by atoms with E-state index < -0.39 is 0 Å². The van der Waals surface area contributed by atoms with E-state index in [-0.39, 0.29) is 11.3 Å². The molecule has 0 aliphatic rings. The van der Waals surface area contributed by atoms with Crippen LogP contribution in [0.4, 0.5) is 0 Å². The van der Waals surface area contributed by atoms with Gasteiger partial charge >= 0.3 is 0 Å². The zero-order chi connectivity index (χ0) is 12.6. The van der Waals surface area contributed by atoms with Crippen LogP contribution in [0.1, 0.15) is 66.2 Å². The van der Waals surface area contributed by atoms with Crippen LogP contribution < -0.4 is 0 Å². The maximum atomic E-state index is 11.9. The lowest BCUT2D eigenvalue weighted by Gasteiger charge is -2.25. The van der Waals surface area contributed by atoms with Crippen molar-refractivity contribution in [3.8, 4) is 0 Å². The summed E-state index contributed by atoms with van der Waals surface area (Å²) in [7, 11) is 1.92. The van der Waals surface area contributed by atoms with E-state index in [0.717, 1.165) is 13.0 Å². The van der Waals surface area contributed by atoms with Crippen LogP contribution in [0.2, 0.25) is 0 Å². The first-order valence-corrected chi connectivity index (χ1v) is 6.65. The molecule has 0 heterocycles. The van der Waals surface area contributed by atoms with Crippen molar-refractivity contribution in [2.45, 2.75) is 66.2 Å². The van der Waals surface area contributed by atoms with E-state index in [9.17, 15) is 4.79 Å². The van der Waals surface area contributed by atoms with Gasteiger partial charge in [0.05, 0.1) is 0 Å². The van der Waals surface area contributed by atoms with Gasteiger partial charge in [-0.2, -0.15) is 0 Å². The third kappa shape index (κ3) is 6.86. The van der Waals surface area contributed by atoms with Crippen molar-refractivity contribution in [3.63, 3.8) is 0 Å². The maximum absolute atomic E-state index is 11.9. The third-order valence-electron chi connectivity index (χ3n) is 2.84. The Morgan fingerprint density at radius 2 is 1.50 bits per heavy atom. The zero-order valence-corrected chi connectivity index (χ0v) is 11.8. The number of carbonyl (C=O) groups is 1. The average Bonchev–Trinajstić information content (AvgIpc) is 2.20. The van der Waals surface area contributed by atoms with Crippen LogP contribution in [0.3, 0.4) is 0 Å². The van der Waals surface area contributed by atoms with E-state index in [4.69, 9.17) is 0 Å². The van der Waals surface area contributed by atoms with Crippen LogP contribution in [0.5, 0.6) is 0 Å². The molecular weight excluding hydrogens is 198 g/mol. The van der Waals surface area contributed by atoms with Gasteiger partial charge in [0.1, 0.15) is 0 Å². The van der Waals surface area contributed by atoms with Crippen LogP contribution in [0.15, 0.2) is 0 Å². The lowest BCUT2D eigenvalue weighted by Crippen LogP contribution is -2.37. The molecule has 0 spiro atoms. The largest absolute Gasteiger partial charge is 0.345 e. The first-order chi connectivity index (χ1) is 7.39. The van der Waals surface area contributed by atoms with Crippen LogP contribution in [-0.2, 0) is 4.79 Å². The molecule has 0 saturated heterocycles. The van der Waals surface area contributed by atoms with E-state index in [1.165, 1.54) is 32.1 Å². The Morgan fingerprint density at radius 3 is 2.00 bits per heavy atom. The van der Waals surface area contributed by atoms with Crippen molar-refractivity contribution in [2.24, 2.45) is 5.41 Å². The summed E-state index contributed by atoms with van der Waals surface area (Å²) in [5, 5.41) is 0. The minimum Gasteiger partial charge on any atom is -0.345 e. The van der Waals surface area contributed by atoms with Crippen LogP contribution in [0.25, 0.3) is 0 Å². The molecule has 0 aromatic rings. The molecule has 1 amide bonds. The highest BCUT2D eigenvalue weighted by Crippen LogP contribution is 2.16. The van der Waals surface area contributed by atoms with E-state index in [0.29, 0.717) is 0 Å². The van der Waals surface area contributed by atoms with Crippen molar-refractivity contribution in [1.82, 2.24) is 4.90 Å². The lowest BCUT2D eigenvalue weighted by molar-refractivity contribution is -0.138. The normalized spacial score (nSPS) is 11.6. The second-order valence-corrected chi connectivity index (χ2v) is 5.74. The Hall–Kier alpha value is -0.530. The molecule has 0 bridgehead atoms. The van der Waals surface area contributed by atoms with E-state index in [1.807, 2.05) is 32.7 Å². The summed E-state index contributed by atoms with van der Waals surface area (Å²) >= 11 is 0. The highest BCUT2D eigenvalue weighted by Gasteiger charge is 2.24. The molecule has 96 valence electrons. The van der Waals surface area contributed by atoms with Gasteiger partial charge < -0.3 is 4.90 Å². The van der Waals surface area contributed by atoms with Gasteiger partial charge in [0.15, 0.2) is 0 Å². The van der Waals surface area contributed by atoms with Crippen LogP contribution in [-0.4, -0.2) is 24.4 Å². The molecule has 0 aromatic carbocycles. The van der Waals surface area contributed by atoms with Crippen molar-refractivity contribution in [1.29, 1.82) is 0 Å². The van der Waals surface area contributed by atoms with Gasteiger partial charge in [-0.1, -0.05) is 59.8 Å². The van der Waals surface area contributed by atoms with E-state index in [2.05, 4.69) is 6.92 Å². The Morgan fingerprint density at radius 1 is 1.00 bits per heavy atom. The van der Waals surface area contributed by atoms with Gasteiger partial charge in [-0.3, -0.25) is 4.79 Å². The fourth-order valence-corrected chi connectivity index (χ4v) is 1.80. The number of amides is 1. The second-order valence-electron chi connectivity index (χ2n) is 5.74. The molecule has 0 N–H and O–H groups in total. The Kier molecular flexibility index (Phi) is 7.44. The molecular formula is C14H29NO. The topological polar surface area (TPSA) is 20.3 Å². The van der Waals surface area contributed by atoms with Gasteiger partial charge in [-0.25, -0.2) is 0 Å². The fourth-order valence-electron chi connectivity index (χ4n) is 1.80. The van der Waals surface area contributed by atoms with Crippen molar-refractivity contribution >= 4 is 5.91 Å². The number of hydrogen-bond acceptors (Lipinski definition) is 1. The minimum absolute atomic E-state index is 0.239. The van der Waals surface area contributed by atoms with Crippen molar-refractivity contribution in [2.75, 3.05) is 13.6 Å². The molecule has 0 fully saturated rings. The molecule has 0 unspecified atom stereocenters. The molecule has 0 atom stereocenters. The number of carbonyl (C=O) groups excluding carboxylic acids is 1. The predicted molar refractivity (Wildman–Crippen MR) is 70.5 cm³/mol. The molecule has 2 nitrogen and oxygen atoms in total. The number of rotatable bonds is 7. The molecule has 0 rings (SSSR count). The minimum atomic E-state index is -0.239. The number of hydrogen-bond donors (Lipinski definition) is 0. The summed E-state index contributed by atoms with van der Waals surface area (Å²) < 4.78 is 0. The summed E-state index contributed by atoms with van der Waals surface area (Å²) in [4.78, 5) is 13.7. The van der Waals surface area contributed by atoms with E-state index >= 15 is 0 Å². The highest BCUT2D eigenvalue weighted by atomic mass is 16.2. The first-order valence-electron chi connectivity index (χ1n) is 6.65. The van der Waals surface area contributed by atoms with Crippen LogP contribution in [0, 0.1) is 5.41 Å². The maximum Gasteiger partial charge on any atom is 0.227 e. The monoisotopic (exact) mass is 227 g/mol. The summed E-state index contributed by atoms with van der Waals surface area (Å²) in [6, 6.07) is 0. The Labute approximate surface area is 101 Å². The van der Waals surface area contributed by atoms with Gasteiger partial charge in [-0.15, -0.1) is 0 Å². The number of unbranched alkanes of at least 4 members (excludes halogenated alkanes) is 5. The second kappa shape index (κ2) is 7.70. The lowest BCUT2D eigenvalue weighted by atomic mass is 9.95. The molecule has 0 radical (unpaired) electrons. The Bertz CT molecular complexity index is 193. The van der Waals surface area contributed by atoms with Crippen molar-refractivity contribution in [3.05, 3.63) is 0 Å². The molecule has 0 aliphatic heterocycles. The Balaban J connectivity index is 3.58. The standard InChI is InChI=1S/C14H29NO/c1-6-7-8-9-10-11-12-15(5)13(16)14(2,3)4/h6-12H2,1-5H3. The summed E-state index contributed by atoms with van der Waals surface area (Å²) in [5.41, 5.74) is -0.239. The SMILES string of the molecule is CCCCCCCCN(C)C(=O)C(C)(C)C. The zero-order valence-electron chi connectivity index (χ0n) is 11.8. The highest BCUT2D eigenvalue weighted by molar-refractivity contribution is 5.81. The number of nitrogens with zero attached hydrogens (tertiary/aromatic N) is 1. The smallest absolute Gasteiger partial charge is 0.227 e. The first kappa shape index (κ1) is 15.5. The van der Waals surface area contributed by atoms with Gasteiger partial charge in [0.2, 0.25) is 5.91 Å². The molecule has 0 aromatic heterocycles.